The Labute approximate surface area is 91.5 Å². The third-order valence-electron chi connectivity index (χ3n) is 2.94. The van der Waals surface area contributed by atoms with Crippen molar-refractivity contribution in [1.29, 1.82) is 0 Å². The van der Waals surface area contributed by atoms with Crippen molar-refractivity contribution in [1.82, 2.24) is 10.3 Å². The number of anilines is 1. The van der Waals surface area contributed by atoms with Gasteiger partial charge in [-0.25, -0.2) is 0 Å². The molecule has 3 nitrogen and oxygen atoms in total. The third kappa shape index (κ3) is 2.29. The summed E-state index contributed by atoms with van der Waals surface area (Å²) in [6.45, 7) is 6.73. The molecule has 1 atom stereocenters. The van der Waals surface area contributed by atoms with Crippen molar-refractivity contribution in [3.63, 3.8) is 0 Å². The Bertz CT molecular complexity index is 291. The summed E-state index contributed by atoms with van der Waals surface area (Å²) in [5.74, 6) is 0. The molecule has 82 valence electrons. The van der Waals surface area contributed by atoms with Gasteiger partial charge in [-0.2, -0.15) is 0 Å². The van der Waals surface area contributed by atoms with Crippen LogP contribution in [-0.2, 0) is 0 Å². The second-order valence-electron chi connectivity index (χ2n) is 4.35. The SMILES string of the molecule is CC(C)N(c1ccncc1)C1CCNC1. The van der Waals surface area contributed by atoms with Crippen molar-refractivity contribution < 1.29 is 0 Å². The topological polar surface area (TPSA) is 28.2 Å². The van der Waals surface area contributed by atoms with E-state index in [2.05, 4.69) is 41.2 Å². The summed E-state index contributed by atoms with van der Waals surface area (Å²) < 4.78 is 0. The standard InChI is InChI=1S/C12H19N3/c1-10(2)15(12-5-8-14-9-12)11-3-6-13-7-4-11/h3-4,6-7,10,12,14H,5,8-9H2,1-2H3. The van der Waals surface area contributed by atoms with Crippen molar-refractivity contribution in [3.8, 4) is 0 Å². The lowest BCUT2D eigenvalue weighted by molar-refractivity contribution is 0.573. The van der Waals surface area contributed by atoms with Gasteiger partial charge in [0.15, 0.2) is 0 Å². The molecule has 15 heavy (non-hydrogen) atoms. The minimum atomic E-state index is 0.539. The van der Waals surface area contributed by atoms with Crippen molar-refractivity contribution in [2.24, 2.45) is 0 Å². The van der Waals surface area contributed by atoms with Crippen LogP contribution in [0.25, 0.3) is 0 Å². The molecule has 1 fully saturated rings. The average Bonchev–Trinajstić information content (AvgIpc) is 2.72. The highest BCUT2D eigenvalue weighted by Gasteiger charge is 2.24. The number of nitrogens with one attached hydrogen (secondary N) is 1. The van der Waals surface area contributed by atoms with Crippen LogP contribution in [0.1, 0.15) is 20.3 Å². The average molecular weight is 205 g/mol. The second kappa shape index (κ2) is 4.62. The summed E-state index contributed by atoms with van der Waals surface area (Å²) >= 11 is 0. The molecule has 1 aromatic heterocycles. The van der Waals surface area contributed by atoms with E-state index in [1.165, 1.54) is 12.1 Å². The number of nitrogens with zero attached hydrogens (tertiary/aromatic N) is 2. The summed E-state index contributed by atoms with van der Waals surface area (Å²) in [4.78, 5) is 6.56. The fourth-order valence-electron chi connectivity index (χ4n) is 2.32. The predicted octanol–water partition coefficient (Wildman–Crippen LogP) is 1.66. The van der Waals surface area contributed by atoms with Gasteiger partial charge in [-0.1, -0.05) is 0 Å². The van der Waals surface area contributed by atoms with E-state index >= 15 is 0 Å². The van der Waals surface area contributed by atoms with E-state index < -0.39 is 0 Å². The lowest BCUT2D eigenvalue weighted by Gasteiger charge is -2.34. The van der Waals surface area contributed by atoms with Gasteiger partial charge < -0.3 is 10.2 Å². The van der Waals surface area contributed by atoms with Gasteiger partial charge >= 0.3 is 0 Å². The Morgan fingerprint density at radius 3 is 2.67 bits per heavy atom. The Kier molecular flexibility index (Phi) is 3.21. The highest BCUT2D eigenvalue weighted by Crippen LogP contribution is 2.21. The lowest BCUT2D eigenvalue weighted by Crippen LogP contribution is -2.41. The fraction of sp³-hybridized carbons (Fsp3) is 0.583. The number of pyridine rings is 1. The molecule has 1 aliphatic heterocycles. The fourth-order valence-corrected chi connectivity index (χ4v) is 2.32. The molecular weight excluding hydrogens is 186 g/mol. The van der Waals surface area contributed by atoms with Gasteiger partial charge in [-0.15, -0.1) is 0 Å². The Morgan fingerprint density at radius 1 is 1.40 bits per heavy atom. The van der Waals surface area contributed by atoms with Crippen LogP contribution in [0.15, 0.2) is 24.5 Å². The predicted molar refractivity (Wildman–Crippen MR) is 63.1 cm³/mol. The minimum Gasteiger partial charge on any atom is -0.365 e. The molecule has 0 bridgehead atoms. The van der Waals surface area contributed by atoms with Crippen LogP contribution >= 0.6 is 0 Å². The van der Waals surface area contributed by atoms with Crippen molar-refractivity contribution in [3.05, 3.63) is 24.5 Å². The van der Waals surface area contributed by atoms with E-state index in [-0.39, 0.29) is 0 Å². The van der Waals surface area contributed by atoms with Crippen LogP contribution in [0, 0.1) is 0 Å². The molecule has 0 aromatic carbocycles. The Morgan fingerprint density at radius 2 is 2.13 bits per heavy atom. The maximum atomic E-state index is 4.07. The molecule has 0 spiro atoms. The van der Waals surface area contributed by atoms with E-state index in [9.17, 15) is 0 Å². The van der Waals surface area contributed by atoms with E-state index in [1.54, 1.807) is 0 Å². The Hall–Kier alpha value is -1.09. The molecule has 1 N–H and O–H groups in total. The largest absolute Gasteiger partial charge is 0.365 e. The highest BCUT2D eigenvalue weighted by atomic mass is 15.2. The van der Waals surface area contributed by atoms with Crippen LogP contribution < -0.4 is 10.2 Å². The van der Waals surface area contributed by atoms with E-state index in [4.69, 9.17) is 0 Å². The first kappa shape index (κ1) is 10.4. The van der Waals surface area contributed by atoms with Gasteiger partial charge in [0, 0.05) is 36.7 Å². The van der Waals surface area contributed by atoms with Gasteiger partial charge in [0.2, 0.25) is 0 Å². The van der Waals surface area contributed by atoms with Gasteiger partial charge in [0.1, 0.15) is 0 Å². The maximum Gasteiger partial charge on any atom is 0.0429 e. The Balaban J connectivity index is 2.19. The first-order valence-corrected chi connectivity index (χ1v) is 5.68. The zero-order valence-corrected chi connectivity index (χ0v) is 9.48. The summed E-state index contributed by atoms with van der Waals surface area (Å²) in [7, 11) is 0. The molecule has 1 aliphatic rings. The number of rotatable bonds is 3. The molecule has 0 saturated carbocycles. The van der Waals surface area contributed by atoms with Gasteiger partial charge in [0.05, 0.1) is 0 Å². The highest BCUT2D eigenvalue weighted by molar-refractivity contribution is 5.47. The molecule has 2 heterocycles. The molecule has 3 heteroatoms. The van der Waals surface area contributed by atoms with Crippen molar-refractivity contribution >= 4 is 5.69 Å². The van der Waals surface area contributed by atoms with Crippen LogP contribution in [0.2, 0.25) is 0 Å². The summed E-state index contributed by atoms with van der Waals surface area (Å²) in [6.07, 6.45) is 4.97. The summed E-state index contributed by atoms with van der Waals surface area (Å²) in [5, 5.41) is 3.42. The van der Waals surface area contributed by atoms with Crippen LogP contribution in [0.3, 0.4) is 0 Å². The van der Waals surface area contributed by atoms with E-state index in [0.717, 1.165) is 13.1 Å². The molecule has 0 amide bonds. The van der Waals surface area contributed by atoms with Gasteiger partial charge in [-0.3, -0.25) is 4.98 Å². The molecule has 1 aromatic rings. The summed E-state index contributed by atoms with van der Waals surface area (Å²) in [6, 6.07) is 5.36. The van der Waals surface area contributed by atoms with E-state index in [0.29, 0.717) is 12.1 Å². The third-order valence-corrected chi connectivity index (χ3v) is 2.94. The molecule has 0 aliphatic carbocycles. The molecule has 0 radical (unpaired) electrons. The monoisotopic (exact) mass is 205 g/mol. The minimum absolute atomic E-state index is 0.539. The van der Waals surface area contributed by atoms with Crippen molar-refractivity contribution in [2.45, 2.75) is 32.4 Å². The quantitative estimate of drug-likeness (QED) is 0.813. The van der Waals surface area contributed by atoms with Crippen LogP contribution in [0.4, 0.5) is 5.69 Å². The number of aromatic nitrogens is 1. The number of hydrogen-bond acceptors (Lipinski definition) is 3. The maximum absolute atomic E-state index is 4.07. The zero-order chi connectivity index (χ0) is 10.7. The second-order valence-corrected chi connectivity index (χ2v) is 4.35. The first-order valence-electron chi connectivity index (χ1n) is 5.68. The van der Waals surface area contributed by atoms with Crippen LogP contribution in [0.5, 0.6) is 0 Å². The smallest absolute Gasteiger partial charge is 0.0429 e. The van der Waals surface area contributed by atoms with Crippen LogP contribution in [-0.4, -0.2) is 30.2 Å². The van der Waals surface area contributed by atoms with Crippen molar-refractivity contribution in [2.75, 3.05) is 18.0 Å². The molecule has 1 saturated heterocycles. The normalized spacial score (nSPS) is 20.9. The summed E-state index contributed by atoms with van der Waals surface area (Å²) in [5.41, 5.74) is 1.29. The molecule has 1 unspecified atom stereocenters. The first-order chi connectivity index (χ1) is 7.29. The zero-order valence-electron chi connectivity index (χ0n) is 9.48. The van der Waals surface area contributed by atoms with E-state index in [1.807, 2.05) is 12.4 Å². The van der Waals surface area contributed by atoms with Gasteiger partial charge in [0.25, 0.3) is 0 Å². The molecular formula is C12H19N3. The molecule has 2 rings (SSSR count). The lowest BCUT2D eigenvalue weighted by atomic mass is 10.1. The number of hydrogen-bond donors (Lipinski definition) is 1. The van der Waals surface area contributed by atoms with Gasteiger partial charge in [-0.05, 0) is 38.9 Å².